The predicted octanol–water partition coefficient (Wildman–Crippen LogP) is 2.92. The van der Waals surface area contributed by atoms with Gasteiger partial charge in [0.15, 0.2) is 0 Å². The highest BCUT2D eigenvalue weighted by molar-refractivity contribution is 5.76. The van der Waals surface area contributed by atoms with Gasteiger partial charge in [-0.3, -0.25) is 4.79 Å². The Hall–Kier alpha value is -1.49. The molecule has 0 aliphatic heterocycles. The van der Waals surface area contributed by atoms with Crippen molar-refractivity contribution >= 4 is 5.91 Å². The van der Waals surface area contributed by atoms with E-state index in [1.54, 1.807) is 6.92 Å². The van der Waals surface area contributed by atoms with E-state index in [2.05, 4.69) is 10.6 Å². The summed E-state index contributed by atoms with van der Waals surface area (Å²) < 4.78 is 26.4. The van der Waals surface area contributed by atoms with Crippen molar-refractivity contribution < 1.29 is 13.6 Å². The molecule has 0 fully saturated rings. The number of carbonyl (C=O) groups is 1. The fraction of sp³-hybridized carbons (Fsp3) is 0.533. The van der Waals surface area contributed by atoms with Crippen LogP contribution in [0, 0.1) is 11.6 Å². The number of carbonyl (C=O) groups excluding carboxylic acids is 1. The Morgan fingerprint density at radius 2 is 1.95 bits per heavy atom. The Labute approximate surface area is 118 Å². The zero-order valence-corrected chi connectivity index (χ0v) is 12.2. The van der Waals surface area contributed by atoms with Crippen molar-refractivity contribution in [1.29, 1.82) is 0 Å². The van der Waals surface area contributed by atoms with Gasteiger partial charge in [0.05, 0.1) is 6.04 Å². The maximum atomic E-state index is 13.5. The van der Waals surface area contributed by atoms with Crippen molar-refractivity contribution in [2.45, 2.75) is 45.7 Å². The van der Waals surface area contributed by atoms with Gasteiger partial charge < -0.3 is 10.6 Å². The topological polar surface area (TPSA) is 41.1 Å². The van der Waals surface area contributed by atoms with E-state index in [1.807, 2.05) is 13.8 Å². The summed E-state index contributed by atoms with van der Waals surface area (Å²) in [6.07, 6.45) is 1.11. The second-order valence-electron chi connectivity index (χ2n) is 5.17. The Morgan fingerprint density at radius 1 is 1.25 bits per heavy atom. The zero-order chi connectivity index (χ0) is 15.1. The van der Waals surface area contributed by atoms with Gasteiger partial charge in [-0.25, -0.2) is 8.78 Å². The Morgan fingerprint density at radius 3 is 2.55 bits per heavy atom. The fourth-order valence-corrected chi connectivity index (χ4v) is 1.88. The van der Waals surface area contributed by atoms with Crippen LogP contribution in [0.3, 0.4) is 0 Å². The molecule has 1 unspecified atom stereocenters. The highest BCUT2D eigenvalue weighted by Gasteiger charge is 2.13. The van der Waals surface area contributed by atoms with Crippen molar-refractivity contribution in [1.82, 2.24) is 10.6 Å². The lowest BCUT2D eigenvalue weighted by molar-refractivity contribution is -0.121. The first-order valence-electron chi connectivity index (χ1n) is 6.88. The van der Waals surface area contributed by atoms with Gasteiger partial charge in [-0.2, -0.15) is 0 Å². The molecule has 0 radical (unpaired) electrons. The van der Waals surface area contributed by atoms with Crippen LogP contribution in [0.1, 0.15) is 45.2 Å². The van der Waals surface area contributed by atoms with Crippen LogP contribution in [0.25, 0.3) is 0 Å². The summed E-state index contributed by atoms with van der Waals surface area (Å²) in [4.78, 5) is 11.7. The number of hydrogen-bond donors (Lipinski definition) is 2. The van der Waals surface area contributed by atoms with Gasteiger partial charge in [0.1, 0.15) is 11.6 Å². The van der Waals surface area contributed by atoms with E-state index in [4.69, 9.17) is 0 Å². The predicted molar refractivity (Wildman–Crippen MR) is 75.3 cm³/mol. The van der Waals surface area contributed by atoms with Crippen molar-refractivity contribution in [2.24, 2.45) is 0 Å². The molecule has 0 aliphatic rings. The van der Waals surface area contributed by atoms with E-state index in [-0.39, 0.29) is 5.91 Å². The van der Waals surface area contributed by atoms with Gasteiger partial charge in [-0.15, -0.1) is 0 Å². The second kappa shape index (κ2) is 7.94. The van der Waals surface area contributed by atoms with E-state index in [1.165, 1.54) is 12.1 Å². The van der Waals surface area contributed by atoms with E-state index in [0.29, 0.717) is 18.0 Å². The number of benzene rings is 1. The molecule has 1 aromatic carbocycles. The molecule has 1 aromatic rings. The molecule has 0 bridgehead atoms. The number of nitrogens with one attached hydrogen (secondary N) is 2. The summed E-state index contributed by atoms with van der Waals surface area (Å²) in [7, 11) is 0. The first kappa shape index (κ1) is 16.6. The summed E-state index contributed by atoms with van der Waals surface area (Å²) in [5.41, 5.74) is 0.292. The van der Waals surface area contributed by atoms with Crippen molar-refractivity contribution in [3.8, 4) is 0 Å². The third-order valence-corrected chi connectivity index (χ3v) is 2.94. The van der Waals surface area contributed by atoms with Crippen LogP contribution < -0.4 is 10.6 Å². The van der Waals surface area contributed by atoms with E-state index >= 15 is 0 Å². The fourth-order valence-electron chi connectivity index (χ4n) is 1.88. The third kappa shape index (κ3) is 5.65. The minimum atomic E-state index is -0.640. The average Bonchev–Trinajstić information content (AvgIpc) is 2.34. The summed E-state index contributed by atoms with van der Waals surface area (Å²) in [6, 6.07) is 3.29. The zero-order valence-electron chi connectivity index (χ0n) is 12.2. The quantitative estimate of drug-likeness (QED) is 0.756. The SMILES string of the molecule is CC(C)NCCCC(=O)NC(C)c1ccc(F)cc1F. The first-order chi connectivity index (χ1) is 9.40. The smallest absolute Gasteiger partial charge is 0.220 e. The van der Waals surface area contributed by atoms with Crippen LogP contribution in [-0.2, 0) is 4.79 Å². The maximum Gasteiger partial charge on any atom is 0.220 e. The minimum absolute atomic E-state index is 0.133. The molecular formula is C15H22F2N2O. The number of amides is 1. The maximum absolute atomic E-state index is 13.5. The lowest BCUT2D eigenvalue weighted by Crippen LogP contribution is -2.29. The van der Waals surface area contributed by atoms with Crippen LogP contribution in [-0.4, -0.2) is 18.5 Å². The number of rotatable bonds is 7. The second-order valence-corrected chi connectivity index (χ2v) is 5.17. The van der Waals surface area contributed by atoms with E-state index < -0.39 is 17.7 Å². The minimum Gasteiger partial charge on any atom is -0.349 e. The van der Waals surface area contributed by atoms with Crippen LogP contribution in [0.4, 0.5) is 8.78 Å². The van der Waals surface area contributed by atoms with Gasteiger partial charge in [0.25, 0.3) is 0 Å². The molecule has 1 amide bonds. The summed E-state index contributed by atoms with van der Waals surface area (Å²) >= 11 is 0. The largest absolute Gasteiger partial charge is 0.349 e. The highest BCUT2D eigenvalue weighted by atomic mass is 19.1. The van der Waals surface area contributed by atoms with E-state index in [0.717, 1.165) is 19.0 Å². The summed E-state index contributed by atoms with van der Waals surface area (Å²) in [6.45, 7) is 6.53. The summed E-state index contributed by atoms with van der Waals surface area (Å²) in [5, 5.41) is 5.93. The molecule has 3 nitrogen and oxygen atoms in total. The lowest BCUT2D eigenvalue weighted by atomic mass is 10.1. The van der Waals surface area contributed by atoms with Gasteiger partial charge in [-0.05, 0) is 26.0 Å². The average molecular weight is 284 g/mol. The van der Waals surface area contributed by atoms with Gasteiger partial charge in [-0.1, -0.05) is 19.9 Å². The standard InChI is InChI=1S/C15H22F2N2O/c1-10(2)18-8-4-5-15(20)19-11(3)13-7-6-12(16)9-14(13)17/h6-7,9-11,18H,4-5,8H2,1-3H3,(H,19,20). The first-order valence-corrected chi connectivity index (χ1v) is 6.88. The molecule has 0 saturated heterocycles. The highest BCUT2D eigenvalue weighted by Crippen LogP contribution is 2.17. The molecule has 0 spiro atoms. The number of hydrogen-bond acceptors (Lipinski definition) is 2. The van der Waals surface area contributed by atoms with Crippen LogP contribution >= 0.6 is 0 Å². The molecule has 2 N–H and O–H groups in total. The molecule has 5 heteroatoms. The van der Waals surface area contributed by atoms with Crippen LogP contribution in [0.2, 0.25) is 0 Å². The van der Waals surface area contributed by atoms with Crippen molar-refractivity contribution in [3.05, 3.63) is 35.4 Å². The monoisotopic (exact) mass is 284 g/mol. The van der Waals surface area contributed by atoms with Crippen LogP contribution in [0.15, 0.2) is 18.2 Å². The molecule has 0 aliphatic carbocycles. The molecule has 0 saturated carbocycles. The molecule has 1 atom stereocenters. The molecular weight excluding hydrogens is 262 g/mol. The molecule has 1 rings (SSSR count). The number of halogens is 2. The molecule has 112 valence electrons. The summed E-state index contributed by atoms with van der Waals surface area (Å²) in [5.74, 6) is -1.39. The molecule has 0 aromatic heterocycles. The Bertz CT molecular complexity index is 449. The molecule has 0 heterocycles. The normalized spacial score (nSPS) is 12.5. The Kier molecular flexibility index (Phi) is 6.58. The lowest BCUT2D eigenvalue weighted by Gasteiger charge is -2.15. The van der Waals surface area contributed by atoms with Crippen molar-refractivity contribution in [3.63, 3.8) is 0 Å². The van der Waals surface area contributed by atoms with Crippen molar-refractivity contribution in [2.75, 3.05) is 6.54 Å². The van der Waals surface area contributed by atoms with Gasteiger partial charge >= 0.3 is 0 Å². The van der Waals surface area contributed by atoms with Gasteiger partial charge in [0.2, 0.25) is 5.91 Å². The van der Waals surface area contributed by atoms with Gasteiger partial charge in [0, 0.05) is 24.1 Å². The van der Waals surface area contributed by atoms with Crippen LogP contribution in [0.5, 0.6) is 0 Å². The Balaban J connectivity index is 2.41. The molecule has 20 heavy (non-hydrogen) atoms. The van der Waals surface area contributed by atoms with E-state index in [9.17, 15) is 13.6 Å². The third-order valence-electron chi connectivity index (χ3n) is 2.94.